The molecular formula is C13H27ClN2O. The Balaban J connectivity index is 0.00000256. The van der Waals surface area contributed by atoms with E-state index in [1.807, 2.05) is 18.9 Å². The molecule has 102 valence electrons. The Morgan fingerprint density at radius 3 is 2.29 bits per heavy atom. The fourth-order valence-corrected chi connectivity index (χ4v) is 2.38. The Morgan fingerprint density at radius 2 is 1.82 bits per heavy atom. The van der Waals surface area contributed by atoms with Crippen molar-refractivity contribution in [2.24, 2.45) is 5.73 Å². The van der Waals surface area contributed by atoms with Gasteiger partial charge >= 0.3 is 0 Å². The number of carbonyl (C=O) groups is 1. The molecule has 1 unspecified atom stereocenters. The van der Waals surface area contributed by atoms with Gasteiger partial charge in [0.25, 0.3) is 0 Å². The van der Waals surface area contributed by atoms with Crippen molar-refractivity contribution in [1.29, 1.82) is 0 Å². The highest BCUT2D eigenvalue weighted by Crippen LogP contribution is 2.21. The van der Waals surface area contributed by atoms with E-state index in [2.05, 4.69) is 0 Å². The first-order chi connectivity index (χ1) is 7.61. The second-order valence-corrected chi connectivity index (χ2v) is 5.17. The molecule has 0 saturated heterocycles. The standard InChI is InChI=1S/C13H26N2O.ClH/c1-11(14)9-10-13(16)15(2)12-7-5-3-4-6-8-12;/h11-12H,3-10,14H2,1-2H3;1H. The van der Waals surface area contributed by atoms with E-state index in [9.17, 15) is 4.79 Å². The molecule has 0 bridgehead atoms. The van der Waals surface area contributed by atoms with Crippen LogP contribution in [0, 0.1) is 0 Å². The van der Waals surface area contributed by atoms with E-state index in [0.717, 1.165) is 6.42 Å². The number of rotatable bonds is 4. The van der Waals surface area contributed by atoms with Gasteiger partial charge in [-0.2, -0.15) is 0 Å². The number of amides is 1. The lowest BCUT2D eigenvalue weighted by molar-refractivity contribution is -0.132. The van der Waals surface area contributed by atoms with Gasteiger partial charge < -0.3 is 10.6 Å². The molecule has 0 aromatic heterocycles. The third-order valence-electron chi connectivity index (χ3n) is 3.58. The van der Waals surface area contributed by atoms with Gasteiger partial charge in [0.2, 0.25) is 5.91 Å². The summed E-state index contributed by atoms with van der Waals surface area (Å²) < 4.78 is 0. The topological polar surface area (TPSA) is 46.3 Å². The number of hydrogen-bond acceptors (Lipinski definition) is 2. The minimum atomic E-state index is 0. The van der Waals surface area contributed by atoms with Gasteiger partial charge in [-0.25, -0.2) is 0 Å². The van der Waals surface area contributed by atoms with Gasteiger partial charge in [-0.3, -0.25) is 4.79 Å². The van der Waals surface area contributed by atoms with Crippen LogP contribution in [0.3, 0.4) is 0 Å². The van der Waals surface area contributed by atoms with Crippen LogP contribution < -0.4 is 5.73 Å². The minimum absolute atomic E-state index is 0. The number of nitrogens with zero attached hydrogens (tertiary/aromatic N) is 1. The number of halogens is 1. The van der Waals surface area contributed by atoms with Crippen LogP contribution in [0.15, 0.2) is 0 Å². The molecule has 1 saturated carbocycles. The van der Waals surface area contributed by atoms with Crippen LogP contribution in [-0.2, 0) is 4.79 Å². The molecule has 17 heavy (non-hydrogen) atoms. The van der Waals surface area contributed by atoms with E-state index in [1.165, 1.54) is 38.5 Å². The fraction of sp³-hybridized carbons (Fsp3) is 0.923. The van der Waals surface area contributed by atoms with Crippen molar-refractivity contribution < 1.29 is 4.79 Å². The summed E-state index contributed by atoms with van der Waals surface area (Å²) >= 11 is 0. The molecule has 1 aliphatic rings. The zero-order valence-electron chi connectivity index (χ0n) is 11.2. The van der Waals surface area contributed by atoms with Crippen molar-refractivity contribution in [2.45, 2.75) is 70.4 Å². The van der Waals surface area contributed by atoms with Crippen LogP contribution in [-0.4, -0.2) is 29.9 Å². The third kappa shape index (κ3) is 6.27. The molecule has 0 spiro atoms. The van der Waals surface area contributed by atoms with E-state index in [0.29, 0.717) is 12.5 Å². The van der Waals surface area contributed by atoms with Crippen molar-refractivity contribution in [3.05, 3.63) is 0 Å². The van der Waals surface area contributed by atoms with E-state index < -0.39 is 0 Å². The molecule has 0 radical (unpaired) electrons. The lowest BCUT2D eigenvalue weighted by Crippen LogP contribution is -2.37. The predicted molar refractivity (Wildman–Crippen MR) is 74.4 cm³/mol. The van der Waals surface area contributed by atoms with Crippen molar-refractivity contribution in [3.63, 3.8) is 0 Å². The van der Waals surface area contributed by atoms with Crippen LogP contribution in [0.1, 0.15) is 58.3 Å². The second kappa shape index (κ2) is 8.76. The van der Waals surface area contributed by atoms with Gasteiger partial charge in [-0.05, 0) is 26.2 Å². The average molecular weight is 263 g/mol. The van der Waals surface area contributed by atoms with E-state index >= 15 is 0 Å². The smallest absolute Gasteiger partial charge is 0.222 e. The van der Waals surface area contributed by atoms with E-state index in [-0.39, 0.29) is 24.4 Å². The van der Waals surface area contributed by atoms with E-state index in [4.69, 9.17) is 5.73 Å². The third-order valence-corrected chi connectivity index (χ3v) is 3.58. The summed E-state index contributed by atoms with van der Waals surface area (Å²) in [5, 5.41) is 0. The maximum atomic E-state index is 11.9. The van der Waals surface area contributed by atoms with Crippen LogP contribution in [0.25, 0.3) is 0 Å². The highest BCUT2D eigenvalue weighted by atomic mass is 35.5. The molecule has 1 rings (SSSR count). The predicted octanol–water partition coefficient (Wildman–Crippen LogP) is 2.72. The van der Waals surface area contributed by atoms with Gasteiger partial charge in [0.15, 0.2) is 0 Å². The summed E-state index contributed by atoms with van der Waals surface area (Å²) in [6.07, 6.45) is 8.98. The lowest BCUT2D eigenvalue weighted by Gasteiger charge is -2.27. The zero-order chi connectivity index (χ0) is 12.0. The Morgan fingerprint density at radius 1 is 1.29 bits per heavy atom. The highest BCUT2D eigenvalue weighted by molar-refractivity contribution is 5.85. The van der Waals surface area contributed by atoms with Crippen LogP contribution in [0.2, 0.25) is 0 Å². The highest BCUT2D eigenvalue weighted by Gasteiger charge is 2.20. The van der Waals surface area contributed by atoms with Gasteiger partial charge in [0.1, 0.15) is 0 Å². The average Bonchev–Trinajstić information content (AvgIpc) is 2.53. The summed E-state index contributed by atoms with van der Waals surface area (Å²) in [6.45, 7) is 1.96. The molecular weight excluding hydrogens is 236 g/mol. The molecule has 1 fully saturated rings. The first-order valence-corrected chi connectivity index (χ1v) is 6.62. The quantitative estimate of drug-likeness (QED) is 0.792. The number of carbonyl (C=O) groups excluding carboxylic acids is 1. The van der Waals surface area contributed by atoms with Crippen LogP contribution >= 0.6 is 12.4 Å². The first-order valence-electron chi connectivity index (χ1n) is 6.62. The SMILES string of the molecule is CC(N)CCC(=O)N(C)C1CCCCCC1.Cl. The maximum Gasteiger partial charge on any atom is 0.222 e. The Labute approximate surface area is 112 Å². The maximum absolute atomic E-state index is 11.9. The minimum Gasteiger partial charge on any atom is -0.343 e. The van der Waals surface area contributed by atoms with Crippen LogP contribution in [0.5, 0.6) is 0 Å². The summed E-state index contributed by atoms with van der Waals surface area (Å²) in [5.74, 6) is 0.268. The molecule has 2 N–H and O–H groups in total. The first kappa shape index (κ1) is 16.7. The monoisotopic (exact) mass is 262 g/mol. The van der Waals surface area contributed by atoms with E-state index in [1.54, 1.807) is 0 Å². The van der Waals surface area contributed by atoms with Crippen molar-refractivity contribution in [2.75, 3.05) is 7.05 Å². The van der Waals surface area contributed by atoms with Gasteiger partial charge in [0.05, 0.1) is 0 Å². The Bertz CT molecular complexity index is 213. The number of hydrogen-bond donors (Lipinski definition) is 1. The molecule has 3 nitrogen and oxygen atoms in total. The molecule has 0 aromatic rings. The normalized spacial score (nSPS) is 19.0. The van der Waals surface area contributed by atoms with Gasteiger partial charge in [0, 0.05) is 25.6 Å². The summed E-state index contributed by atoms with van der Waals surface area (Å²) in [7, 11) is 1.96. The molecule has 4 heteroatoms. The lowest BCUT2D eigenvalue weighted by atomic mass is 10.1. The van der Waals surface area contributed by atoms with Crippen LogP contribution in [0.4, 0.5) is 0 Å². The largest absolute Gasteiger partial charge is 0.343 e. The molecule has 0 aliphatic heterocycles. The van der Waals surface area contributed by atoms with Gasteiger partial charge in [-0.1, -0.05) is 25.7 Å². The molecule has 0 heterocycles. The van der Waals surface area contributed by atoms with Crippen molar-refractivity contribution in [1.82, 2.24) is 4.90 Å². The molecule has 0 aromatic carbocycles. The summed E-state index contributed by atoms with van der Waals surface area (Å²) in [6, 6.07) is 0.606. The molecule has 1 atom stereocenters. The van der Waals surface area contributed by atoms with Gasteiger partial charge in [-0.15, -0.1) is 12.4 Å². The molecule has 1 amide bonds. The Hall–Kier alpha value is -0.280. The van der Waals surface area contributed by atoms with Crippen molar-refractivity contribution in [3.8, 4) is 0 Å². The van der Waals surface area contributed by atoms with Crippen molar-refractivity contribution >= 4 is 18.3 Å². The fourth-order valence-electron chi connectivity index (χ4n) is 2.38. The zero-order valence-corrected chi connectivity index (χ0v) is 12.0. The number of nitrogens with two attached hydrogens (primary N) is 1. The second-order valence-electron chi connectivity index (χ2n) is 5.17. The molecule has 1 aliphatic carbocycles. The summed E-state index contributed by atoms with van der Waals surface area (Å²) in [5.41, 5.74) is 5.67. The Kier molecular flexibility index (Phi) is 8.61. The summed E-state index contributed by atoms with van der Waals surface area (Å²) in [4.78, 5) is 13.9.